The summed E-state index contributed by atoms with van der Waals surface area (Å²) in [5, 5.41) is 11.8. The monoisotopic (exact) mass is 331 g/mol. The van der Waals surface area contributed by atoms with Crippen molar-refractivity contribution >= 4 is 5.57 Å². The zero-order chi connectivity index (χ0) is 17.2. The Labute approximate surface area is 146 Å². The van der Waals surface area contributed by atoms with Crippen LogP contribution in [0.2, 0.25) is 0 Å². The molecule has 0 fully saturated rings. The Balaban J connectivity index is 1.80. The van der Waals surface area contributed by atoms with Crippen LogP contribution < -0.4 is 5.32 Å². The van der Waals surface area contributed by atoms with Gasteiger partial charge in [0.15, 0.2) is 0 Å². The first kappa shape index (κ1) is 15.7. The number of rotatable bonds is 2. The molecule has 2 heterocycles. The summed E-state index contributed by atoms with van der Waals surface area (Å²) in [6.45, 7) is 3.36. The van der Waals surface area contributed by atoms with Crippen LogP contribution in [0.3, 0.4) is 0 Å². The van der Waals surface area contributed by atoms with Gasteiger partial charge in [-0.2, -0.15) is 10.2 Å². The molecule has 0 atom stereocenters. The number of nitrogens with one attached hydrogen (secondary N) is 1. The van der Waals surface area contributed by atoms with Crippen molar-refractivity contribution in [3.8, 4) is 11.3 Å². The molecule has 0 saturated heterocycles. The first-order chi connectivity index (χ1) is 12.2. The van der Waals surface area contributed by atoms with Crippen LogP contribution in [-0.2, 0) is 6.54 Å². The molecule has 0 radical (unpaired) electrons. The summed E-state index contributed by atoms with van der Waals surface area (Å²) in [4.78, 5) is 0. The zero-order valence-corrected chi connectivity index (χ0v) is 14.0. The second-order valence-electron chi connectivity index (χ2n) is 6.16. The molecule has 4 heteroatoms. The van der Waals surface area contributed by atoms with Crippen LogP contribution in [0.25, 0.3) is 16.8 Å². The average Bonchev–Trinajstić information content (AvgIpc) is 2.84. The Morgan fingerprint density at radius 2 is 1.84 bits per heavy atom. The van der Waals surface area contributed by atoms with Crippen LogP contribution in [0.5, 0.6) is 0 Å². The molecule has 0 aliphatic carbocycles. The van der Waals surface area contributed by atoms with Gasteiger partial charge in [0.2, 0.25) is 0 Å². The van der Waals surface area contributed by atoms with Crippen LogP contribution >= 0.6 is 0 Å². The number of hydrogen-bond acceptors (Lipinski definition) is 3. The lowest BCUT2D eigenvalue weighted by Crippen LogP contribution is -2.11. The number of hydrogen-bond donors (Lipinski definition) is 1. The number of nitrogens with zero attached hydrogens (tertiary/aromatic N) is 2. The minimum Gasteiger partial charge on any atom is -0.309 e. The maximum Gasteiger partial charge on any atom is 0.131 e. The van der Waals surface area contributed by atoms with Gasteiger partial charge in [0.1, 0.15) is 5.82 Å². The molecular weight excluding hydrogens is 313 g/mol. The van der Waals surface area contributed by atoms with E-state index in [-0.39, 0.29) is 5.82 Å². The molecule has 0 spiro atoms. The third-order valence-corrected chi connectivity index (χ3v) is 4.42. The van der Waals surface area contributed by atoms with Gasteiger partial charge in [-0.25, -0.2) is 4.39 Å². The molecular formula is C21H18FN3. The van der Waals surface area contributed by atoms with Crippen molar-refractivity contribution in [2.45, 2.75) is 13.5 Å². The normalized spacial score (nSPS) is 13.8. The van der Waals surface area contributed by atoms with Gasteiger partial charge in [-0.05, 0) is 47.9 Å². The number of aromatic nitrogens is 2. The average molecular weight is 331 g/mol. The largest absolute Gasteiger partial charge is 0.309 e. The van der Waals surface area contributed by atoms with E-state index in [4.69, 9.17) is 0 Å². The predicted octanol–water partition coefficient (Wildman–Crippen LogP) is 4.13. The molecule has 1 N–H and O–H groups in total. The minimum atomic E-state index is -0.199. The third kappa shape index (κ3) is 3.08. The van der Waals surface area contributed by atoms with E-state index in [0.717, 1.165) is 40.2 Å². The van der Waals surface area contributed by atoms with Crippen molar-refractivity contribution in [1.82, 2.24) is 15.5 Å². The van der Waals surface area contributed by atoms with E-state index in [1.165, 1.54) is 6.07 Å². The molecule has 4 rings (SSSR count). The molecule has 3 aromatic rings. The molecule has 25 heavy (non-hydrogen) atoms. The summed E-state index contributed by atoms with van der Waals surface area (Å²) in [5.41, 5.74) is 6.50. The summed E-state index contributed by atoms with van der Waals surface area (Å²) in [7, 11) is 0. The quantitative estimate of drug-likeness (QED) is 0.767. The summed E-state index contributed by atoms with van der Waals surface area (Å²) in [6.07, 6.45) is 2.05. The van der Waals surface area contributed by atoms with E-state index in [1.807, 2.05) is 37.3 Å². The van der Waals surface area contributed by atoms with Gasteiger partial charge in [0, 0.05) is 24.2 Å². The lowest BCUT2D eigenvalue weighted by atomic mass is 9.92. The molecule has 1 aliphatic rings. The first-order valence-corrected chi connectivity index (χ1v) is 8.32. The second-order valence-corrected chi connectivity index (χ2v) is 6.16. The number of aryl methyl sites for hydroxylation is 1. The van der Waals surface area contributed by atoms with E-state index < -0.39 is 0 Å². The Kier molecular flexibility index (Phi) is 4.12. The molecule has 0 unspecified atom stereocenters. The zero-order valence-electron chi connectivity index (χ0n) is 14.0. The Morgan fingerprint density at radius 3 is 2.64 bits per heavy atom. The topological polar surface area (TPSA) is 37.8 Å². The standard InChI is InChI=1S/C21H18FN3/c1-14-6-9-21(25-24-14)15-7-8-17-16(12-15)13-23-11-10-18(17)19-4-2-3-5-20(19)22/h2-10,12,23H,11,13H2,1H3. The molecule has 2 aromatic carbocycles. The smallest absolute Gasteiger partial charge is 0.131 e. The predicted molar refractivity (Wildman–Crippen MR) is 97.4 cm³/mol. The summed E-state index contributed by atoms with van der Waals surface area (Å²) < 4.78 is 14.3. The van der Waals surface area contributed by atoms with Gasteiger partial charge in [0.25, 0.3) is 0 Å². The van der Waals surface area contributed by atoms with Gasteiger partial charge >= 0.3 is 0 Å². The molecule has 1 aromatic heterocycles. The molecule has 0 amide bonds. The second kappa shape index (κ2) is 6.57. The van der Waals surface area contributed by atoms with Crippen LogP contribution in [0.1, 0.15) is 22.4 Å². The molecule has 3 nitrogen and oxygen atoms in total. The van der Waals surface area contributed by atoms with Gasteiger partial charge in [-0.15, -0.1) is 0 Å². The fourth-order valence-corrected chi connectivity index (χ4v) is 3.14. The lowest BCUT2D eigenvalue weighted by Gasteiger charge is -2.13. The van der Waals surface area contributed by atoms with Gasteiger partial charge < -0.3 is 5.32 Å². The van der Waals surface area contributed by atoms with Crippen molar-refractivity contribution in [3.05, 3.63) is 88.9 Å². The maximum atomic E-state index is 14.3. The Morgan fingerprint density at radius 1 is 0.960 bits per heavy atom. The van der Waals surface area contributed by atoms with Crippen LogP contribution in [0.15, 0.2) is 60.7 Å². The van der Waals surface area contributed by atoms with E-state index in [0.29, 0.717) is 12.1 Å². The Hall–Kier alpha value is -2.85. The van der Waals surface area contributed by atoms with Crippen LogP contribution in [-0.4, -0.2) is 16.7 Å². The van der Waals surface area contributed by atoms with E-state index in [1.54, 1.807) is 6.07 Å². The fraction of sp³-hybridized carbons (Fsp3) is 0.143. The molecule has 1 aliphatic heterocycles. The first-order valence-electron chi connectivity index (χ1n) is 8.32. The van der Waals surface area contributed by atoms with Crippen molar-refractivity contribution in [1.29, 1.82) is 0 Å². The van der Waals surface area contributed by atoms with Gasteiger partial charge in [0.05, 0.1) is 11.4 Å². The Bertz CT molecular complexity index is 946. The highest BCUT2D eigenvalue weighted by atomic mass is 19.1. The third-order valence-electron chi connectivity index (χ3n) is 4.42. The number of benzene rings is 2. The van der Waals surface area contributed by atoms with Crippen molar-refractivity contribution < 1.29 is 4.39 Å². The van der Waals surface area contributed by atoms with E-state index in [2.05, 4.69) is 33.7 Å². The highest BCUT2D eigenvalue weighted by Gasteiger charge is 2.16. The number of fused-ring (bicyclic) bond motifs is 1. The van der Waals surface area contributed by atoms with Crippen molar-refractivity contribution in [2.75, 3.05) is 6.54 Å². The van der Waals surface area contributed by atoms with Crippen LogP contribution in [0, 0.1) is 12.7 Å². The summed E-state index contributed by atoms with van der Waals surface area (Å²) >= 11 is 0. The van der Waals surface area contributed by atoms with Crippen LogP contribution in [0.4, 0.5) is 4.39 Å². The van der Waals surface area contributed by atoms with E-state index >= 15 is 0 Å². The summed E-state index contributed by atoms with van der Waals surface area (Å²) in [6, 6.07) is 17.0. The lowest BCUT2D eigenvalue weighted by molar-refractivity contribution is 0.624. The summed E-state index contributed by atoms with van der Waals surface area (Å²) in [5.74, 6) is -0.199. The SMILES string of the molecule is Cc1ccc(-c2ccc3c(c2)CNCC=C3c2ccccc2F)nn1. The minimum absolute atomic E-state index is 0.199. The van der Waals surface area contributed by atoms with E-state index in [9.17, 15) is 4.39 Å². The highest BCUT2D eigenvalue weighted by Crippen LogP contribution is 2.32. The molecule has 124 valence electrons. The molecule has 0 bridgehead atoms. The van der Waals surface area contributed by atoms with Crippen molar-refractivity contribution in [3.63, 3.8) is 0 Å². The highest BCUT2D eigenvalue weighted by molar-refractivity contribution is 5.83. The fourth-order valence-electron chi connectivity index (χ4n) is 3.14. The maximum absolute atomic E-state index is 14.3. The van der Waals surface area contributed by atoms with Gasteiger partial charge in [-0.1, -0.05) is 36.4 Å². The van der Waals surface area contributed by atoms with Gasteiger partial charge in [-0.3, -0.25) is 0 Å². The number of halogens is 1. The van der Waals surface area contributed by atoms with Crippen molar-refractivity contribution in [2.24, 2.45) is 0 Å². The molecule has 0 saturated carbocycles.